The molecule has 0 N–H and O–H groups in total. The van der Waals surface area contributed by atoms with Gasteiger partial charge in [0, 0.05) is 37.4 Å². The number of nitrogens with zero attached hydrogens (tertiary/aromatic N) is 5. The molecule has 0 saturated carbocycles. The Kier molecular flexibility index (Phi) is 9.56. The number of benzene rings is 8. The second-order valence-electron chi connectivity index (χ2n) is 22.9. The van der Waals surface area contributed by atoms with Crippen LogP contribution in [-0.2, 0) is 35.6 Å². The van der Waals surface area contributed by atoms with Crippen molar-refractivity contribution in [3.63, 3.8) is 0 Å². The van der Waals surface area contributed by atoms with Crippen LogP contribution in [0.3, 0.4) is 0 Å². The molecule has 0 unspecified atom stereocenters. The van der Waals surface area contributed by atoms with Crippen LogP contribution in [-0.4, -0.2) is 23.1 Å². The Bertz CT molecular complexity index is 4580. The van der Waals surface area contributed by atoms with Crippen LogP contribution in [0.2, 0.25) is 0 Å². The summed E-state index contributed by atoms with van der Waals surface area (Å²) in [6.45, 7) is 17.7. The standard InChI is InChI=1S/C67H57N5O.Pt/c1-41-31-63(68-39-56(41)42-25-27-43(28-26-42)65(2,3)4)71-60-36-49(29-30-51(60)54-37-55-53-21-16-20-52-50-19-11-12-22-57(50)72(64(52)53)62(55)38-61(54)71)73-48-18-15-17-46(35-48)69-40-70(59-24-14-13-23-58(59)69)47-33-44(66(5,6)7)32-45(34-47)67(8,9)10;/h11-34,37-39H,1-10H3;/q-2;/i1D3;. The summed E-state index contributed by atoms with van der Waals surface area (Å²) in [6, 6.07) is 62.4. The Hall–Kier alpha value is -7.53. The normalized spacial score (nSPS) is 13.6. The molecular formula is C67H57N5OPt-2. The molecule has 0 bridgehead atoms. The monoisotopic (exact) mass is 1150 g/mol. The molecule has 7 heteroatoms. The summed E-state index contributed by atoms with van der Waals surface area (Å²) in [6.07, 6.45) is 1.72. The first kappa shape index (κ1) is 42.9. The molecule has 8 aromatic carbocycles. The van der Waals surface area contributed by atoms with Crippen LogP contribution in [0.15, 0.2) is 164 Å². The SMILES string of the molecule is [2H]C([2H])([2H])c1cc(-n2c3[c-]c(Oc4[c-]c(-n5[c](=[Pt])n(-c6cc(C(C)(C)C)cc(C(C)(C)C)c6)c6ccccc65)ccc4)ccc3c3cc4c5cccc6c7ccccc7n(c4cc32)c65)ncc1-c1ccc(C(C)(C)C)cc1. The van der Waals surface area contributed by atoms with Gasteiger partial charge in [-0.3, -0.25) is 0 Å². The van der Waals surface area contributed by atoms with Crippen LogP contribution >= 0.6 is 0 Å². The molecule has 13 aromatic rings. The zero-order chi connectivity index (χ0) is 53.7. The number of hydrogen-bond acceptors (Lipinski definition) is 2. The first-order valence-corrected chi connectivity index (χ1v) is 26.5. The second kappa shape index (κ2) is 16.5. The zero-order valence-electron chi connectivity index (χ0n) is 46.0. The van der Waals surface area contributed by atoms with Crippen LogP contribution in [0.1, 0.15) is 88.7 Å². The first-order valence-electron chi connectivity index (χ1n) is 26.9. The predicted octanol–water partition coefficient (Wildman–Crippen LogP) is 17.4. The molecule has 0 aliphatic carbocycles. The van der Waals surface area contributed by atoms with E-state index in [0.717, 1.165) is 64.5 Å². The smallest absolute Gasteiger partial charge is 0.0579 e. The zero-order valence-corrected chi connectivity index (χ0v) is 45.3. The number of ether oxygens (including phenoxy) is 1. The van der Waals surface area contributed by atoms with Gasteiger partial charge in [0.05, 0.1) is 16.6 Å². The molecule has 13 rings (SSSR count). The van der Waals surface area contributed by atoms with E-state index in [9.17, 15) is 0 Å². The van der Waals surface area contributed by atoms with Crippen LogP contribution in [0, 0.1) is 22.8 Å². The molecule has 74 heavy (non-hydrogen) atoms. The van der Waals surface area contributed by atoms with Gasteiger partial charge in [0.25, 0.3) is 0 Å². The third-order valence-corrected chi connectivity index (χ3v) is 16.0. The van der Waals surface area contributed by atoms with Crippen molar-refractivity contribution in [1.82, 2.24) is 23.1 Å². The van der Waals surface area contributed by atoms with E-state index in [1.807, 2.05) is 30.3 Å². The van der Waals surface area contributed by atoms with Crippen molar-refractivity contribution in [2.75, 3.05) is 0 Å². The van der Waals surface area contributed by atoms with Gasteiger partial charge in [-0.05, 0) is 35.0 Å². The van der Waals surface area contributed by atoms with Gasteiger partial charge >= 0.3 is 275 Å². The van der Waals surface area contributed by atoms with Crippen molar-refractivity contribution in [2.24, 2.45) is 0 Å². The van der Waals surface area contributed by atoms with Crippen molar-refractivity contribution in [3.8, 4) is 39.8 Å². The molecule has 0 fully saturated rings. The molecule has 0 aliphatic heterocycles. The average Bonchev–Trinajstić information content (AvgIpc) is 4.06. The van der Waals surface area contributed by atoms with Gasteiger partial charge in [0.2, 0.25) is 0 Å². The van der Waals surface area contributed by atoms with E-state index in [0.29, 0.717) is 28.4 Å². The fraction of sp³-hybridized carbons (Fsp3) is 0.194. The van der Waals surface area contributed by atoms with Gasteiger partial charge in [-0.15, -0.1) is 0 Å². The summed E-state index contributed by atoms with van der Waals surface area (Å²) in [5.41, 5.74) is 14.2. The maximum absolute atomic E-state index is 8.91. The minimum absolute atomic E-state index is 0.0486. The number of rotatable bonds is 6. The van der Waals surface area contributed by atoms with Crippen LogP contribution < -0.4 is 4.74 Å². The molecule has 0 aliphatic rings. The van der Waals surface area contributed by atoms with E-state index >= 15 is 0 Å². The van der Waals surface area contributed by atoms with Gasteiger partial charge in [-0.1, -0.05) is 81.4 Å². The summed E-state index contributed by atoms with van der Waals surface area (Å²) in [5, 5.41) is 6.63. The van der Waals surface area contributed by atoms with Crippen LogP contribution in [0.5, 0.6) is 11.5 Å². The van der Waals surface area contributed by atoms with Gasteiger partial charge in [-0.2, -0.15) is 0 Å². The van der Waals surface area contributed by atoms with E-state index in [1.165, 1.54) is 38.4 Å². The maximum atomic E-state index is 8.91. The van der Waals surface area contributed by atoms with E-state index in [-0.39, 0.29) is 21.8 Å². The number of pyridine rings is 1. The summed E-state index contributed by atoms with van der Waals surface area (Å²) in [7, 11) is 0. The quantitative estimate of drug-likeness (QED) is 0.156. The molecule has 6 nitrogen and oxygen atoms in total. The predicted molar refractivity (Wildman–Crippen MR) is 303 cm³/mol. The van der Waals surface area contributed by atoms with Gasteiger partial charge < -0.3 is 4.40 Å². The fourth-order valence-corrected chi connectivity index (χ4v) is 12.1. The van der Waals surface area contributed by atoms with E-state index in [2.05, 4.69) is 233 Å². The first-order chi connectivity index (χ1) is 36.6. The Morgan fingerprint density at radius 2 is 1.12 bits per heavy atom. The number of imidazole rings is 1. The number of para-hydroxylation sites is 4. The second-order valence-corrected chi connectivity index (χ2v) is 24.0. The van der Waals surface area contributed by atoms with Gasteiger partial charge in [0.15, 0.2) is 0 Å². The van der Waals surface area contributed by atoms with Crippen molar-refractivity contribution in [3.05, 3.63) is 202 Å². The molecule has 0 radical (unpaired) electrons. The van der Waals surface area contributed by atoms with Crippen LogP contribution in [0.25, 0.3) is 99.3 Å². The van der Waals surface area contributed by atoms with Gasteiger partial charge in [0.1, 0.15) is 0 Å². The molecule has 0 amide bonds. The Balaban J connectivity index is 0.983. The molecule has 0 atom stereocenters. The number of fused-ring (bicyclic) bond motifs is 10. The van der Waals surface area contributed by atoms with E-state index < -0.39 is 6.85 Å². The Morgan fingerprint density at radius 3 is 1.82 bits per heavy atom. The topological polar surface area (TPSA) is 41.3 Å². The minimum Gasteiger partial charge on any atom is -0.0579 e. The Morgan fingerprint density at radius 1 is 0.500 bits per heavy atom. The summed E-state index contributed by atoms with van der Waals surface area (Å²) >= 11 is 2.45. The van der Waals surface area contributed by atoms with Crippen LogP contribution in [0.4, 0.5) is 0 Å². The molecule has 368 valence electrons. The van der Waals surface area contributed by atoms with Crippen molar-refractivity contribution < 1.29 is 28.2 Å². The molecule has 5 heterocycles. The molecule has 0 spiro atoms. The van der Waals surface area contributed by atoms with E-state index in [1.54, 1.807) is 12.3 Å². The number of hydrogen-bond donors (Lipinski definition) is 0. The van der Waals surface area contributed by atoms with Crippen molar-refractivity contribution >= 4 is 70.9 Å². The Labute approximate surface area is 447 Å². The van der Waals surface area contributed by atoms with E-state index in [4.69, 9.17) is 13.8 Å². The fourth-order valence-electron chi connectivity index (χ4n) is 11.0. The summed E-state index contributed by atoms with van der Waals surface area (Å²) in [5.74, 6) is 1.47. The summed E-state index contributed by atoms with van der Waals surface area (Å²) in [4.78, 5) is 5.14. The number of aryl methyl sites for hydroxylation is 1. The third kappa shape index (κ3) is 7.31. The molecule has 5 aromatic heterocycles. The summed E-state index contributed by atoms with van der Waals surface area (Å²) < 4.78 is 43.6. The molecular weight excluding hydrogens is 1090 g/mol. The van der Waals surface area contributed by atoms with Crippen molar-refractivity contribution in [2.45, 2.75) is 85.4 Å². The molecule has 0 saturated heterocycles. The number of aromatic nitrogens is 5. The van der Waals surface area contributed by atoms with Gasteiger partial charge in [-0.25, -0.2) is 0 Å². The minimum atomic E-state index is -2.44. The third-order valence-electron chi connectivity index (χ3n) is 15.0. The average molecular weight is 1150 g/mol. The van der Waals surface area contributed by atoms with Crippen molar-refractivity contribution in [1.29, 1.82) is 0 Å².